The highest BCUT2D eigenvalue weighted by atomic mass is 19.1. The predicted molar refractivity (Wildman–Crippen MR) is 137 cm³/mol. The summed E-state index contributed by atoms with van der Waals surface area (Å²) in [5.41, 5.74) is 3.75. The van der Waals surface area contributed by atoms with Crippen LogP contribution in [-0.4, -0.2) is 44.6 Å². The number of aromatic nitrogens is 2. The number of amides is 1. The topological polar surface area (TPSA) is 41.4 Å². The summed E-state index contributed by atoms with van der Waals surface area (Å²) >= 11 is 0. The number of allylic oxidation sites excluding steroid dienone is 3. The van der Waals surface area contributed by atoms with Crippen LogP contribution in [0.25, 0.3) is 11.1 Å². The number of hydrogen-bond donors (Lipinski definition) is 0. The monoisotopic (exact) mass is 476 g/mol. The quantitative estimate of drug-likeness (QED) is 0.569. The summed E-state index contributed by atoms with van der Waals surface area (Å²) in [5.74, 6) is 0.648. The molecule has 1 amide bonds. The minimum absolute atomic E-state index is 0.126. The van der Waals surface area contributed by atoms with Crippen molar-refractivity contribution in [3.8, 4) is 11.1 Å². The van der Waals surface area contributed by atoms with Gasteiger partial charge in [-0.05, 0) is 75.6 Å². The Morgan fingerprint density at radius 2 is 1.91 bits per heavy atom. The number of aryl methyl sites for hydroxylation is 1. The number of rotatable bonds is 4. The van der Waals surface area contributed by atoms with E-state index in [9.17, 15) is 4.79 Å². The summed E-state index contributed by atoms with van der Waals surface area (Å²) < 4.78 is 16.9. The Labute approximate surface area is 208 Å². The van der Waals surface area contributed by atoms with Gasteiger partial charge in [0.15, 0.2) is 0 Å². The van der Waals surface area contributed by atoms with Crippen LogP contribution in [0.2, 0.25) is 0 Å². The molecule has 0 bridgehead atoms. The Morgan fingerprint density at radius 1 is 1.14 bits per heavy atom. The third-order valence-corrected chi connectivity index (χ3v) is 8.52. The van der Waals surface area contributed by atoms with Gasteiger partial charge in [-0.15, -0.1) is 0 Å². The van der Waals surface area contributed by atoms with Crippen molar-refractivity contribution in [2.75, 3.05) is 13.1 Å². The molecule has 0 N–H and O–H groups in total. The van der Waals surface area contributed by atoms with Gasteiger partial charge < -0.3 is 4.90 Å². The largest absolute Gasteiger partial charge is 0.307 e. The predicted octanol–water partition coefficient (Wildman–Crippen LogP) is 5.69. The van der Waals surface area contributed by atoms with Crippen LogP contribution < -0.4 is 0 Å². The molecule has 1 atom stereocenters. The average Bonchev–Trinajstić information content (AvgIpc) is 3.54. The standard InChI is InChI=1S/C29H37FN4O/c1-5-25-27(6-2)34(18-22-10-9-21(15-26(22)30)23-16-31-32(4)17-23)28(35)29(25)13-14-33(19-29)24-11-7-20(3)8-12-24/h5-6,9-10,15-17,20,24H,7-8,11-14,18-19H2,1-4H3. The van der Waals surface area contributed by atoms with Gasteiger partial charge in [-0.2, -0.15) is 5.10 Å². The zero-order valence-corrected chi connectivity index (χ0v) is 21.4. The second-order valence-electron chi connectivity index (χ2n) is 10.7. The number of likely N-dealkylation sites (tertiary alicyclic amines) is 2. The molecule has 1 aliphatic carbocycles. The van der Waals surface area contributed by atoms with E-state index < -0.39 is 5.41 Å². The summed E-state index contributed by atoms with van der Waals surface area (Å²) in [6.45, 7) is 8.35. The fourth-order valence-corrected chi connectivity index (χ4v) is 6.51. The second-order valence-corrected chi connectivity index (χ2v) is 10.7. The van der Waals surface area contributed by atoms with E-state index in [0.717, 1.165) is 47.8 Å². The third-order valence-electron chi connectivity index (χ3n) is 8.52. The molecule has 1 aromatic carbocycles. The maximum Gasteiger partial charge on any atom is 0.239 e. The van der Waals surface area contributed by atoms with Gasteiger partial charge >= 0.3 is 0 Å². The lowest BCUT2D eigenvalue weighted by Crippen LogP contribution is -2.41. The minimum Gasteiger partial charge on any atom is -0.307 e. The summed E-state index contributed by atoms with van der Waals surface area (Å²) in [7, 11) is 1.85. The Morgan fingerprint density at radius 3 is 2.54 bits per heavy atom. The van der Waals surface area contributed by atoms with E-state index in [-0.39, 0.29) is 18.3 Å². The lowest BCUT2D eigenvalue weighted by Gasteiger charge is -2.34. The van der Waals surface area contributed by atoms with Crippen LogP contribution in [0.15, 0.2) is 54.0 Å². The molecule has 2 aliphatic heterocycles. The molecule has 1 aromatic heterocycles. The number of benzene rings is 1. The molecule has 3 heterocycles. The molecule has 2 saturated heterocycles. The van der Waals surface area contributed by atoms with Gasteiger partial charge in [-0.25, -0.2) is 4.39 Å². The van der Waals surface area contributed by atoms with Gasteiger partial charge in [0.1, 0.15) is 5.82 Å². The van der Waals surface area contributed by atoms with Gasteiger partial charge in [-0.1, -0.05) is 31.2 Å². The molecular formula is C29H37FN4O. The van der Waals surface area contributed by atoms with E-state index in [1.807, 2.05) is 50.2 Å². The molecule has 35 heavy (non-hydrogen) atoms. The van der Waals surface area contributed by atoms with Crippen molar-refractivity contribution in [1.82, 2.24) is 19.6 Å². The minimum atomic E-state index is -0.508. The molecule has 5 nitrogen and oxygen atoms in total. The van der Waals surface area contributed by atoms with E-state index in [1.54, 1.807) is 16.9 Å². The van der Waals surface area contributed by atoms with Crippen molar-refractivity contribution in [3.63, 3.8) is 0 Å². The van der Waals surface area contributed by atoms with E-state index in [1.165, 1.54) is 25.7 Å². The van der Waals surface area contributed by atoms with Crippen LogP contribution in [0, 0.1) is 17.2 Å². The van der Waals surface area contributed by atoms with Gasteiger partial charge in [-0.3, -0.25) is 14.4 Å². The van der Waals surface area contributed by atoms with Crippen molar-refractivity contribution in [1.29, 1.82) is 0 Å². The smallest absolute Gasteiger partial charge is 0.239 e. The Kier molecular flexibility index (Phi) is 6.43. The summed E-state index contributed by atoms with van der Waals surface area (Å²) in [5, 5.41) is 4.18. The molecule has 3 fully saturated rings. The Bertz CT molecular complexity index is 1170. The Hall–Kier alpha value is -2.73. The molecule has 5 rings (SSSR count). The molecule has 186 valence electrons. The highest BCUT2D eigenvalue weighted by Gasteiger charge is 2.56. The number of nitrogens with zero attached hydrogens (tertiary/aromatic N) is 4. The summed E-state index contributed by atoms with van der Waals surface area (Å²) in [6.07, 6.45) is 13.6. The first-order valence-electron chi connectivity index (χ1n) is 13.0. The zero-order chi connectivity index (χ0) is 24.7. The first-order valence-corrected chi connectivity index (χ1v) is 13.0. The molecule has 1 saturated carbocycles. The highest BCUT2D eigenvalue weighted by molar-refractivity contribution is 5.94. The van der Waals surface area contributed by atoms with Crippen molar-refractivity contribution in [2.24, 2.45) is 18.4 Å². The summed E-state index contributed by atoms with van der Waals surface area (Å²) in [4.78, 5) is 18.4. The van der Waals surface area contributed by atoms with Crippen molar-refractivity contribution >= 4 is 5.91 Å². The maximum atomic E-state index is 15.2. The van der Waals surface area contributed by atoms with Crippen molar-refractivity contribution in [2.45, 2.75) is 65.5 Å². The molecule has 1 spiro atoms. The number of hydrogen-bond acceptors (Lipinski definition) is 3. The van der Waals surface area contributed by atoms with Gasteiger partial charge in [0.2, 0.25) is 5.91 Å². The maximum absolute atomic E-state index is 15.2. The summed E-state index contributed by atoms with van der Waals surface area (Å²) in [6, 6.07) is 5.86. The normalized spacial score (nSPS) is 29.9. The Balaban J connectivity index is 1.39. The lowest BCUT2D eigenvalue weighted by atomic mass is 9.79. The van der Waals surface area contributed by atoms with Gasteiger partial charge in [0, 0.05) is 42.7 Å². The molecule has 2 aromatic rings. The fraction of sp³-hybridized carbons (Fsp3) is 0.517. The highest BCUT2D eigenvalue weighted by Crippen LogP contribution is 2.51. The van der Waals surface area contributed by atoms with E-state index in [0.29, 0.717) is 11.6 Å². The van der Waals surface area contributed by atoms with Crippen LogP contribution in [0.5, 0.6) is 0 Å². The average molecular weight is 477 g/mol. The SMILES string of the molecule is CC=C1C(=CC)C2(CCN(C3CCC(C)CC3)C2)C(=O)N1Cc1ccc(-c2cnn(C)c2)cc1F. The molecule has 6 heteroatoms. The van der Waals surface area contributed by atoms with E-state index in [2.05, 4.69) is 23.0 Å². The first-order chi connectivity index (χ1) is 16.9. The van der Waals surface area contributed by atoms with Crippen LogP contribution in [0.4, 0.5) is 4.39 Å². The van der Waals surface area contributed by atoms with E-state index >= 15 is 4.39 Å². The fourth-order valence-electron chi connectivity index (χ4n) is 6.51. The second kappa shape index (κ2) is 9.38. The number of carbonyl (C=O) groups is 1. The molecule has 0 radical (unpaired) electrons. The van der Waals surface area contributed by atoms with E-state index in [4.69, 9.17) is 0 Å². The lowest BCUT2D eigenvalue weighted by molar-refractivity contribution is -0.134. The molecule has 3 aliphatic rings. The number of carbonyl (C=O) groups excluding carboxylic acids is 1. The third kappa shape index (κ3) is 4.16. The van der Waals surface area contributed by atoms with Gasteiger partial charge in [0.25, 0.3) is 0 Å². The van der Waals surface area contributed by atoms with Crippen LogP contribution >= 0.6 is 0 Å². The van der Waals surface area contributed by atoms with Crippen LogP contribution in [-0.2, 0) is 18.4 Å². The molecular weight excluding hydrogens is 439 g/mol. The van der Waals surface area contributed by atoms with Crippen LogP contribution in [0.1, 0.15) is 58.4 Å². The molecule has 1 unspecified atom stereocenters. The van der Waals surface area contributed by atoms with Crippen molar-refractivity contribution < 1.29 is 9.18 Å². The van der Waals surface area contributed by atoms with Crippen molar-refractivity contribution in [3.05, 3.63) is 65.4 Å². The van der Waals surface area contributed by atoms with Crippen LogP contribution in [0.3, 0.4) is 0 Å². The first kappa shape index (κ1) is 24.0. The van der Waals surface area contributed by atoms with Gasteiger partial charge in [0.05, 0.1) is 18.2 Å². The number of halogens is 1. The zero-order valence-electron chi connectivity index (χ0n) is 21.4.